The van der Waals surface area contributed by atoms with E-state index in [2.05, 4.69) is 36.5 Å². The van der Waals surface area contributed by atoms with Crippen molar-refractivity contribution in [2.24, 2.45) is 0 Å². The van der Waals surface area contributed by atoms with Crippen LogP contribution in [0.4, 0.5) is 0 Å². The first-order valence-corrected chi connectivity index (χ1v) is 6.82. The normalized spacial score (nSPS) is 23.6. The largest absolute Gasteiger partial charge is 0.381 e. The highest BCUT2D eigenvalue weighted by Crippen LogP contribution is 2.33. The Morgan fingerprint density at radius 1 is 1.11 bits per heavy atom. The monoisotopic (exact) mass is 241 g/mol. The highest BCUT2D eigenvalue weighted by atomic mass is 16.1. The zero-order chi connectivity index (χ0) is 12.5. The van der Waals surface area contributed by atoms with Crippen LogP contribution in [-0.4, -0.2) is 5.78 Å². The molecule has 18 heavy (non-hydrogen) atoms. The second-order valence-electron chi connectivity index (χ2n) is 5.38. The number of carbonyl (C=O) groups is 1. The fraction of sp³-hybridized carbons (Fsp3) is 0.438. The van der Waals surface area contributed by atoms with E-state index < -0.39 is 0 Å². The van der Waals surface area contributed by atoms with E-state index >= 15 is 0 Å². The first kappa shape index (κ1) is 11.5. The number of hydrogen-bond donors (Lipinski definition) is 1. The topological polar surface area (TPSA) is 29.1 Å². The van der Waals surface area contributed by atoms with Crippen molar-refractivity contribution >= 4 is 5.78 Å². The van der Waals surface area contributed by atoms with E-state index in [0.717, 1.165) is 37.7 Å². The number of Topliss-reactive ketones (excluding diaryl/α,β-unsaturated/α-hetero) is 1. The van der Waals surface area contributed by atoms with Gasteiger partial charge in [0.25, 0.3) is 0 Å². The molecule has 1 aromatic rings. The van der Waals surface area contributed by atoms with Gasteiger partial charge in [-0.2, -0.15) is 0 Å². The van der Waals surface area contributed by atoms with Gasteiger partial charge in [-0.25, -0.2) is 0 Å². The predicted molar refractivity (Wildman–Crippen MR) is 72.2 cm³/mol. The van der Waals surface area contributed by atoms with Gasteiger partial charge in [0.1, 0.15) is 0 Å². The summed E-state index contributed by atoms with van der Waals surface area (Å²) < 4.78 is 0. The van der Waals surface area contributed by atoms with Crippen LogP contribution in [0.1, 0.15) is 49.3 Å². The van der Waals surface area contributed by atoms with Gasteiger partial charge in [-0.3, -0.25) is 4.79 Å². The number of ketones is 1. The quantitative estimate of drug-likeness (QED) is 0.816. The van der Waals surface area contributed by atoms with Gasteiger partial charge >= 0.3 is 0 Å². The number of hydrogen-bond acceptors (Lipinski definition) is 2. The van der Waals surface area contributed by atoms with E-state index in [1.807, 2.05) is 0 Å². The third-order valence-electron chi connectivity index (χ3n) is 4.04. The average Bonchev–Trinajstić information content (AvgIpc) is 2.39. The van der Waals surface area contributed by atoms with Crippen molar-refractivity contribution in [3.63, 3.8) is 0 Å². The minimum absolute atomic E-state index is 0.367. The van der Waals surface area contributed by atoms with Crippen molar-refractivity contribution in [3.8, 4) is 0 Å². The van der Waals surface area contributed by atoms with Gasteiger partial charge in [-0.1, -0.05) is 29.8 Å². The third-order valence-corrected chi connectivity index (χ3v) is 4.04. The maximum Gasteiger partial charge on any atom is 0.160 e. The molecule has 1 aromatic carbocycles. The lowest BCUT2D eigenvalue weighted by Crippen LogP contribution is -2.30. The number of allylic oxidation sites excluding steroid dienone is 2. The third kappa shape index (κ3) is 2.07. The molecule has 0 radical (unpaired) electrons. The van der Waals surface area contributed by atoms with Crippen LogP contribution in [0, 0.1) is 6.92 Å². The van der Waals surface area contributed by atoms with E-state index in [1.54, 1.807) is 0 Å². The smallest absolute Gasteiger partial charge is 0.160 e. The fourth-order valence-corrected chi connectivity index (χ4v) is 2.97. The van der Waals surface area contributed by atoms with E-state index in [9.17, 15) is 4.79 Å². The Labute approximate surface area is 108 Å². The maximum absolute atomic E-state index is 11.8. The lowest BCUT2D eigenvalue weighted by Gasteiger charge is -2.31. The molecule has 0 amide bonds. The first-order chi connectivity index (χ1) is 8.74. The standard InChI is InChI=1S/C16H19NO/c1-11-5-7-12(8-6-11)14-10-9-13-15(17-14)3-2-4-16(13)18/h5-8,14,17H,2-4,9-10H2,1H3/t14-/m0/s1. The molecule has 0 fully saturated rings. The van der Waals surface area contributed by atoms with Gasteiger partial charge < -0.3 is 5.32 Å². The number of aryl methyl sites for hydroxylation is 1. The molecule has 1 N–H and O–H groups in total. The van der Waals surface area contributed by atoms with Crippen LogP contribution >= 0.6 is 0 Å². The molecule has 2 heteroatoms. The molecule has 0 bridgehead atoms. The molecule has 0 saturated heterocycles. The molecule has 1 atom stereocenters. The first-order valence-electron chi connectivity index (χ1n) is 6.82. The van der Waals surface area contributed by atoms with Crippen molar-refractivity contribution in [2.75, 3.05) is 0 Å². The summed E-state index contributed by atoms with van der Waals surface area (Å²) in [7, 11) is 0. The van der Waals surface area contributed by atoms with Crippen LogP contribution in [0.3, 0.4) is 0 Å². The van der Waals surface area contributed by atoms with E-state index in [1.165, 1.54) is 16.8 Å². The average molecular weight is 241 g/mol. The number of benzene rings is 1. The van der Waals surface area contributed by atoms with Gasteiger partial charge in [-0.15, -0.1) is 0 Å². The summed E-state index contributed by atoms with van der Waals surface area (Å²) in [6.07, 6.45) is 4.78. The van der Waals surface area contributed by atoms with Gasteiger partial charge in [0.2, 0.25) is 0 Å². The van der Waals surface area contributed by atoms with Gasteiger partial charge in [0.05, 0.1) is 6.04 Å². The summed E-state index contributed by atoms with van der Waals surface area (Å²) in [4.78, 5) is 11.8. The summed E-state index contributed by atoms with van der Waals surface area (Å²) in [5.41, 5.74) is 4.92. The molecule has 3 rings (SSSR count). The van der Waals surface area contributed by atoms with Gasteiger partial charge in [0.15, 0.2) is 5.78 Å². The number of rotatable bonds is 1. The highest BCUT2D eigenvalue weighted by Gasteiger charge is 2.27. The fourth-order valence-electron chi connectivity index (χ4n) is 2.97. The molecule has 0 unspecified atom stereocenters. The van der Waals surface area contributed by atoms with Crippen molar-refractivity contribution in [1.82, 2.24) is 5.32 Å². The number of nitrogens with one attached hydrogen (secondary N) is 1. The molecule has 0 spiro atoms. The Morgan fingerprint density at radius 3 is 2.67 bits per heavy atom. The Bertz CT molecular complexity index is 498. The summed E-state index contributed by atoms with van der Waals surface area (Å²) in [6, 6.07) is 9.10. The highest BCUT2D eigenvalue weighted by molar-refractivity contribution is 5.97. The Kier molecular flexibility index (Phi) is 2.94. The van der Waals surface area contributed by atoms with Crippen molar-refractivity contribution in [1.29, 1.82) is 0 Å². The maximum atomic E-state index is 11.8. The summed E-state index contributed by atoms with van der Waals surface area (Å²) in [5.74, 6) is 0.367. The second-order valence-corrected chi connectivity index (χ2v) is 5.38. The molecular formula is C16H19NO. The zero-order valence-corrected chi connectivity index (χ0v) is 10.8. The molecule has 94 valence electrons. The van der Waals surface area contributed by atoms with Crippen LogP contribution in [0.5, 0.6) is 0 Å². The molecule has 1 heterocycles. The zero-order valence-electron chi connectivity index (χ0n) is 10.8. The van der Waals surface area contributed by atoms with Crippen LogP contribution in [0.2, 0.25) is 0 Å². The van der Waals surface area contributed by atoms with Crippen LogP contribution < -0.4 is 5.32 Å². The summed E-state index contributed by atoms with van der Waals surface area (Å²) in [5, 5.41) is 3.58. The lowest BCUT2D eigenvalue weighted by molar-refractivity contribution is -0.116. The van der Waals surface area contributed by atoms with Crippen molar-refractivity contribution in [2.45, 2.75) is 45.1 Å². The SMILES string of the molecule is Cc1ccc([C@@H]2CCC3=C(CCCC3=O)N2)cc1. The molecular weight excluding hydrogens is 222 g/mol. The molecule has 0 saturated carbocycles. The second kappa shape index (κ2) is 4.60. The Morgan fingerprint density at radius 2 is 1.89 bits per heavy atom. The van der Waals surface area contributed by atoms with Gasteiger partial charge in [0, 0.05) is 17.7 Å². The van der Waals surface area contributed by atoms with Crippen LogP contribution in [0.15, 0.2) is 35.5 Å². The minimum atomic E-state index is 0.367. The van der Waals surface area contributed by atoms with E-state index in [4.69, 9.17) is 0 Å². The molecule has 1 aliphatic heterocycles. The van der Waals surface area contributed by atoms with Crippen molar-refractivity contribution < 1.29 is 4.79 Å². The summed E-state index contributed by atoms with van der Waals surface area (Å²) in [6.45, 7) is 2.11. The molecule has 2 nitrogen and oxygen atoms in total. The Balaban J connectivity index is 1.82. The van der Waals surface area contributed by atoms with E-state index in [0.29, 0.717) is 11.8 Å². The predicted octanol–water partition coefficient (Wildman–Crippen LogP) is 3.43. The molecule has 2 aliphatic rings. The lowest BCUT2D eigenvalue weighted by atomic mass is 9.85. The van der Waals surface area contributed by atoms with Crippen molar-refractivity contribution in [3.05, 3.63) is 46.7 Å². The molecule has 1 aliphatic carbocycles. The minimum Gasteiger partial charge on any atom is -0.381 e. The number of carbonyl (C=O) groups excluding carboxylic acids is 1. The molecule has 0 aromatic heterocycles. The Hall–Kier alpha value is -1.57. The van der Waals surface area contributed by atoms with Crippen LogP contribution in [0.25, 0.3) is 0 Å². The van der Waals surface area contributed by atoms with Gasteiger partial charge in [-0.05, 0) is 38.2 Å². The van der Waals surface area contributed by atoms with Crippen LogP contribution in [-0.2, 0) is 4.79 Å². The summed E-state index contributed by atoms with van der Waals surface area (Å²) >= 11 is 0. The van der Waals surface area contributed by atoms with E-state index in [-0.39, 0.29) is 0 Å².